The van der Waals surface area contributed by atoms with Crippen molar-refractivity contribution in [2.45, 2.75) is 6.42 Å². The molecule has 17 heavy (non-hydrogen) atoms. The van der Waals surface area contributed by atoms with Crippen LogP contribution in [0.15, 0.2) is 12.1 Å². The van der Waals surface area contributed by atoms with Crippen LogP contribution in [-0.2, 0) is 4.79 Å². The largest absolute Gasteiger partial charge is 0.396 e. The van der Waals surface area contributed by atoms with Gasteiger partial charge in [0.15, 0.2) is 5.69 Å². The third kappa shape index (κ3) is 2.13. The Morgan fingerprint density at radius 2 is 2.35 bits per heavy atom. The van der Waals surface area contributed by atoms with Crippen LogP contribution in [-0.4, -0.2) is 24.0 Å². The SMILES string of the molecule is N#Cc1nc(N2CCC(C(N)=O)C2)ccc1N. The molecule has 6 heteroatoms. The zero-order valence-electron chi connectivity index (χ0n) is 9.26. The Kier molecular flexibility index (Phi) is 2.83. The fourth-order valence-corrected chi connectivity index (χ4v) is 1.93. The second-order valence-corrected chi connectivity index (χ2v) is 4.05. The van der Waals surface area contributed by atoms with Gasteiger partial charge in [-0.25, -0.2) is 4.98 Å². The summed E-state index contributed by atoms with van der Waals surface area (Å²) < 4.78 is 0. The lowest BCUT2D eigenvalue weighted by atomic mass is 10.1. The summed E-state index contributed by atoms with van der Waals surface area (Å²) >= 11 is 0. The van der Waals surface area contributed by atoms with E-state index in [2.05, 4.69) is 4.98 Å². The van der Waals surface area contributed by atoms with Crippen molar-refractivity contribution in [1.29, 1.82) is 5.26 Å². The lowest BCUT2D eigenvalue weighted by Gasteiger charge is -2.17. The van der Waals surface area contributed by atoms with E-state index in [-0.39, 0.29) is 17.5 Å². The predicted octanol–water partition coefficient (Wildman–Crippen LogP) is -0.153. The summed E-state index contributed by atoms with van der Waals surface area (Å²) in [5.74, 6) is 0.239. The number of anilines is 2. The fraction of sp³-hybridized carbons (Fsp3) is 0.364. The number of carbonyl (C=O) groups is 1. The number of amides is 1. The van der Waals surface area contributed by atoms with Crippen molar-refractivity contribution in [1.82, 2.24) is 4.98 Å². The maximum atomic E-state index is 11.1. The van der Waals surface area contributed by atoms with E-state index in [0.717, 1.165) is 13.0 Å². The van der Waals surface area contributed by atoms with Crippen LogP contribution in [0, 0.1) is 17.2 Å². The zero-order chi connectivity index (χ0) is 12.4. The molecule has 1 atom stereocenters. The van der Waals surface area contributed by atoms with Gasteiger partial charge in [-0.05, 0) is 18.6 Å². The Morgan fingerprint density at radius 3 is 2.94 bits per heavy atom. The van der Waals surface area contributed by atoms with Crippen molar-refractivity contribution in [3.63, 3.8) is 0 Å². The molecule has 1 unspecified atom stereocenters. The standard InChI is InChI=1S/C11H13N5O/c12-5-9-8(13)1-2-10(15-9)16-4-3-7(6-16)11(14)17/h1-2,7H,3-4,6,13H2,(H2,14,17). The van der Waals surface area contributed by atoms with Crippen LogP contribution in [0.4, 0.5) is 11.5 Å². The van der Waals surface area contributed by atoms with Gasteiger partial charge in [0.2, 0.25) is 5.91 Å². The molecule has 1 aliphatic heterocycles. The number of hydrogen-bond donors (Lipinski definition) is 2. The second-order valence-electron chi connectivity index (χ2n) is 4.05. The average molecular weight is 231 g/mol. The monoisotopic (exact) mass is 231 g/mol. The molecule has 6 nitrogen and oxygen atoms in total. The maximum absolute atomic E-state index is 11.1. The fourth-order valence-electron chi connectivity index (χ4n) is 1.93. The molecule has 2 rings (SSSR count). The lowest BCUT2D eigenvalue weighted by molar-refractivity contribution is -0.121. The number of nitrogens with two attached hydrogens (primary N) is 2. The first-order chi connectivity index (χ1) is 8.11. The van der Waals surface area contributed by atoms with Crippen LogP contribution in [0.5, 0.6) is 0 Å². The lowest BCUT2D eigenvalue weighted by Crippen LogP contribution is -2.27. The van der Waals surface area contributed by atoms with Crippen LogP contribution >= 0.6 is 0 Å². The van der Waals surface area contributed by atoms with E-state index in [1.54, 1.807) is 12.1 Å². The molecule has 2 heterocycles. The number of nitrogen functional groups attached to an aromatic ring is 1. The number of nitrogens with zero attached hydrogens (tertiary/aromatic N) is 3. The Bertz CT molecular complexity index is 493. The van der Waals surface area contributed by atoms with Crippen molar-refractivity contribution >= 4 is 17.4 Å². The van der Waals surface area contributed by atoms with Gasteiger partial charge in [-0.15, -0.1) is 0 Å². The van der Waals surface area contributed by atoms with Crippen molar-refractivity contribution in [3.8, 4) is 6.07 Å². The average Bonchev–Trinajstić information content (AvgIpc) is 2.79. The van der Waals surface area contributed by atoms with E-state index in [1.165, 1.54) is 0 Å². The van der Waals surface area contributed by atoms with Crippen molar-refractivity contribution in [2.24, 2.45) is 11.7 Å². The molecule has 0 bridgehead atoms. The van der Waals surface area contributed by atoms with Gasteiger partial charge in [0.25, 0.3) is 0 Å². The highest BCUT2D eigenvalue weighted by Crippen LogP contribution is 2.23. The Labute approximate surface area is 98.8 Å². The Balaban J connectivity index is 2.20. The highest BCUT2D eigenvalue weighted by molar-refractivity contribution is 5.78. The molecule has 1 aliphatic rings. The van der Waals surface area contributed by atoms with Gasteiger partial charge in [0.1, 0.15) is 11.9 Å². The van der Waals surface area contributed by atoms with Gasteiger partial charge in [-0.1, -0.05) is 0 Å². The summed E-state index contributed by atoms with van der Waals surface area (Å²) in [6, 6.07) is 5.34. The van der Waals surface area contributed by atoms with E-state index < -0.39 is 0 Å². The summed E-state index contributed by atoms with van der Waals surface area (Å²) in [4.78, 5) is 17.2. The number of pyridine rings is 1. The van der Waals surface area contributed by atoms with Crippen LogP contribution in [0.3, 0.4) is 0 Å². The van der Waals surface area contributed by atoms with Crippen molar-refractivity contribution in [3.05, 3.63) is 17.8 Å². The van der Waals surface area contributed by atoms with E-state index in [1.807, 2.05) is 11.0 Å². The number of rotatable bonds is 2. The molecule has 0 aromatic carbocycles. The molecule has 4 N–H and O–H groups in total. The van der Waals surface area contributed by atoms with Crippen molar-refractivity contribution in [2.75, 3.05) is 23.7 Å². The summed E-state index contributed by atoms with van der Waals surface area (Å²) in [6.45, 7) is 1.27. The van der Waals surface area contributed by atoms with Gasteiger partial charge in [-0.3, -0.25) is 4.79 Å². The number of carbonyl (C=O) groups excluding carboxylic acids is 1. The van der Waals surface area contributed by atoms with E-state index in [9.17, 15) is 4.79 Å². The Morgan fingerprint density at radius 1 is 1.59 bits per heavy atom. The molecule has 1 saturated heterocycles. The highest BCUT2D eigenvalue weighted by atomic mass is 16.1. The summed E-state index contributed by atoms with van der Waals surface area (Å²) in [5.41, 5.74) is 11.4. The smallest absolute Gasteiger partial charge is 0.222 e. The third-order valence-electron chi connectivity index (χ3n) is 2.93. The number of nitriles is 1. The number of aromatic nitrogens is 1. The molecule has 0 radical (unpaired) electrons. The number of hydrogen-bond acceptors (Lipinski definition) is 5. The first kappa shape index (κ1) is 11.2. The van der Waals surface area contributed by atoms with Gasteiger partial charge in [0.05, 0.1) is 11.6 Å². The van der Waals surface area contributed by atoms with Crippen LogP contribution in [0.2, 0.25) is 0 Å². The molecule has 88 valence electrons. The molecule has 1 aromatic heterocycles. The molecule has 1 fully saturated rings. The van der Waals surface area contributed by atoms with E-state index in [0.29, 0.717) is 18.1 Å². The first-order valence-corrected chi connectivity index (χ1v) is 5.32. The second kappa shape index (κ2) is 4.29. The van der Waals surface area contributed by atoms with Gasteiger partial charge >= 0.3 is 0 Å². The highest BCUT2D eigenvalue weighted by Gasteiger charge is 2.27. The van der Waals surface area contributed by atoms with E-state index in [4.69, 9.17) is 16.7 Å². The molecule has 0 aliphatic carbocycles. The predicted molar refractivity (Wildman–Crippen MR) is 62.9 cm³/mol. The summed E-state index contributed by atoms with van der Waals surface area (Å²) in [7, 11) is 0. The van der Waals surface area contributed by atoms with Crippen LogP contribution < -0.4 is 16.4 Å². The third-order valence-corrected chi connectivity index (χ3v) is 2.93. The zero-order valence-corrected chi connectivity index (χ0v) is 9.26. The van der Waals surface area contributed by atoms with Gasteiger partial charge in [0, 0.05) is 13.1 Å². The van der Waals surface area contributed by atoms with E-state index >= 15 is 0 Å². The normalized spacial score (nSPS) is 19.0. The quantitative estimate of drug-likeness (QED) is 0.735. The first-order valence-electron chi connectivity index (χ1n) is 5.32. The number of primary amides is 1. The maximum Gasteiger partial charge on any atom is 0.222 e. The minimum Gasteiger partial charge on any atom is -0.396 e. The molecular weight excluding hydrogens is 218 g/mol. The summed E-state index contributed by atoms with van der Waals surface area (Å²) in [6.07, 6.45) is 0.725. The summed E-state index contributed by atoms with van der Waals surface area (Å²) in [5, 5.41) is 8.84. The molecule has 0 saturated carbocycles. The molecule has 0 spiro atoms. The molecule has 1 aromatic rings. The van der Waals surface area contributed by atoms with Gasteiger partial charge in [-0.2, -0.15) is 5.26 Å². The van der Waals surface area contributed by atoms with Crippen LogP contribution in [0.25, 0.3) is 0 Å². The Hall–Kier alpha value is -2.29. The van der Waals surface area contributed by atoms with Crippen LogP contribution in [0.1, 0.15) is 12.1 Å². The van der Waals surface area contributed by atoms with Gasteiger partial charge < -0.3 is 16.4 Å². The van der Waals surface area contributed by atoms with Crippen molar-refractivity contribution < 1.29 is 4.79 Å². The minimum absolute atomic E-state index is 0.139. The topological polar surface area (TPSA) is 109 Å². The molecule has 1 amide bonds. The molecular formula is C11H13N5O. The minimum atomic E-state index is -0.288.